The van der Waals surface area contributed by atoms with Crippen molar-refractivity contribution in [3.63, 3.8) is 0 Å². The standard InChI is InChI=1S/C4H7NO4S/c1-8-4-5-10(6,7)3-2-9-4/h2-3H2,1H3. The van der Waals surface area contributed by atoms with Gasteiger partial charge >= 0.3 is 6.08 Å². The molecular weight excluding hydrogens is 158 g/mol. The van der Waals surface area contributed by atoms with E-state index < -0.39 is 10.0 Å². The van der Waals surface area contributed by atoms with Gasteiger partial charge in [-0.1, -0.05) is 4.40 Å². The van der Waals surface area contributed by atoms with Gasteiger partial charge in [0.25, 0.3) is 10.0 Å². The summed E-state index contributed by atoms with van der Waals surface area (Å²) in [6.07, 6.45) is -0.175. The summed E-state index contributed by atoms with van der Waals surface area (Å²) in [5, 5.41) is 0. The van der Waals surface area contributed by atoms with Crippen molar-refractivity contribution in [2.45, 2.75) is 0 Å². The fourth-order valence-corrected chi connectivity index (χ4v) is 1.26. The van der Waals surface area contributed by atoms with E-state index in [-0.39, 0.29) is 18.4 Å². The van der Waals surface area contributed by atoms with Crippen molar-refractivity contribution in [2.24, 2.45) is 4.40 Å². The third-order valence-electron chi connectivity index (χ3n) is 0.955. The minimum absolute atomic E-state index is 0.0696. The number of sulfonamides is 1. The number of methoxy groups -OCH3 is 1. The lowest BCUT2D eigenvalue weighted by molar-refractivity contribution is 0.206. The molecule has 0 spiro atoms. The molecule has 0 bridgehead atoms. The molecule has 1 aliphatic rings. The molecule has 0 aromatic carbocycles. The van der Waals surface area contributed by atoms with E-state index in [1.54, 1.807) is 0 Å². The molecular formula is C4H7NO4S. The molecule has 10 heavy (non-hydrogen) atoms. The topological polar surface area (TPSA) is 65.0 Å². The third-order valence-corrected chi connectivity index (χ3v) is 2.06. The van der Waals surface area contributed by atoms with Crippen LogP contribution in [0.1, 0.15) is 0 Å². The zero-order valence-corrected chi connectivity index (χ0v) is 6.22. The highest BCUT2D eigenvalue weighted by Gasteiger charge is 2.18. The molecule has 0 amide bonds. The molecule has 5 nitrogen and oxygen atoms in total. The molecule has 0 aliphatic carbocycles. The molecule has 0 N–H and O–H groups in total. The first-order valence-electron chi connectivity index (χ1n) is 2.63. The predicted molar refractivity (Wildman–Crippen MR) is 34.2 cm³/mol. The zero-order valence-electron chi connectivity index (χ0n) is 5.40. The average Bonchev–Trinajstić information content (AvgIpc) is 1.86. The maximum atomic E-state index is 10.7. The Morgan fingerprint density at radius 2 is 2.40 bits per heavy atom. The number of ether oxygens (including phenoxy) is 2. The van der Waals surface area contributed by atoms with Gasteiger partial charge in [0.15, 0.2) is 0 Å². The second kappa shape index (κ2) is 2.45. The van der Waals surface area contributed by atoms with Gasteiger partial charge in [-0.05, 0) is 0 Å². The van der Waals surface area contributed by atoms with Crippen LogP contribution in [0.5, 0.6) is 0 Å². The Balaban J connectivity index is 2.87. The van der Waals surface area contributed by atoms with Gasteiger partial charge in [-0.2, -0.15) is 0 Å². The van der Waals surface area contributed by atoms with Gasteiger partial charge in [0.1, 0.15) is 12.4 Å². The summed E-state index contributed by atoms with van der Waals surface area (Å²) in [7, 11) is -2.00. The molecule has 1 aliphatic heterocycles. The fourth-order valence-electron chi connectivity index (χ4n) is 0.516. The molecule has 0 unspecified atom stereocenters. The Hall–Kier alpha value is -0.780. The van der Waals surface area contributed by atoms with Gasteiger partial charge in [0.05, 0.1) is 7.11 Å². The maximum Gasteiger partial charge on any atom is 0.399 e. The second-order valence-corrected chi connectivity index (χ2v) is 3.45. The first-order valence-corrected chi connectivity index (χ1v) is 4.24. The number of hydrogen-bond acceptors (Lipinski definition) is 4. The molecule has 0 radical (unpaired) electrons. The summed E-state index contributed by atoms with van der Waals surface area (Å²) in [5.41, 5.74) is 0. The predicted octanol–water partition coefficient (Wildman–Crippen LogP) is -0.651. The van der Waals surface area contributed by atoms with E-state index in [0.29, 0.717) is 0 Å². The normalized spacial score (nSPS) is 22.7. The fraction of sp³-hybridized carbons (Fsp3) is 0.750. The van der Waals surface area contributed by atoms with Crippen LogP contribution in [0.3, 0.4) is 0 Å². The van der Waals surface area contributed by atoms with E-state index in [1.807, 2.05) is 0 Å². The van der Waals surface area contributed by atoms with Crippen molar-refractivity contribution in [1.82, 2.24) is 0 Å². The molecule has 58 valence electrons. The smallest absolute Gasteiger partial charge is 0.399 e. The van der Waals surface area contributed by atoms with Gasteiger partial charge in [0.2, 0.25) is 0 Å². The molecule has 6 heteroatoms. The van der Waals surface area contributed by atoms with Crippen LogP contribution < -0.4 is 0 Å². The molecule has 0 aromatic rings. The first-order chi connectivity index (χ1) is 4.64. The summed E-state index contributed by atoms with van der Waals surface area (Å²) >= 11 is 0. The maximum absolute atomic E-state index is 10.7. The Morgan fingerprint density at radius 1 is 1.70 bits per heavy atom. The van der Waals surface area contributed by atoms with Crippen molar-refractivity contribution in [1.29, 1.82) is 0 Å². The van der Waals surface area contributed by atoms with Crippen LogP contribution in [0.2, 0.25) is 0 Å². The molecule has 0 saturated carbocycles. The molecule has 0 aromatic heterocycles. The van der Waals surface area contributed by atoms with Crippen LogP contribution in [-0.4, -0.2) is 34.0 Å². The summed E-state index contributed by atoms with van der Waals surface area (Å²) < 4.78 is 33.7. The lowest BCUT2D eigenvalue weighted by Crippen LogP contribution is -2.22. The zero-order chi connectivity index (χ0) is 7.61. The highest BCUT2D eigenvalue weighted by atomic mass is 32.2. The largest absolute Gasteiger partial charge is 0.453 e. The van der Waals surface area contributed by atoms with Crippen LogP contribution in [0.15, 0.2) is 4.40 Å². The van der Waals surface area contributed by atoms with Crippen molar-refractivity contribution in [3.8, 4) is 0 Å². The van der Waals surface area contributed by atoms with Gasteiger partial charge in [0, 0.05) is 0 Å². The van der Waals surface area contributed by atoms with Gasteiger partial charge in [-0.15, -0.1) is 0 Å². The average molecular weight is 165 g/mol. The van der Waals surface area contributed by atoms with E-state index in [4.69, 9.17) is 4.74 Å². The molecule has 0 saturated heterocycles. The summed E-state index contributed by atoms with van der Waals surface area (Å²) in [5.74, 6) is -0.0696. The quantitative estimate of drug-likeness (QED) is 0.478. The van der Waals surface area contributed by atoms with Crippen LogP contribution in [0.25, 0.3) is 0 Å². The monoisotopic (exact) mass is 165 g/mol. The van der Waals surface area contributed by atoms with Crippen LogP contribution >= 0.6 is 0 Å². The van der Waals surface area contributed by atoms with Crippen molar-refractivity contribution >= 4 is 16.1 Å². The third kappa shape index (κ3) is 1.60. The number of nitrogens with zero attached hydrogens (tertiary/aromatic N) is 1. The first kappa shape index (κ1) is 7.33. The highest BCUT2D eigenvalue weighted by molar-refractivity contribution is 7.90. The molecule has 1 rings (SSSR count). The van der Waals surface area contributed by atoms with Crippen LogP contribution in [-0.2, 0) is 19.5 Å². The lowest BCUT2D eigenvalue weighted by Gasteiger charge is -2.10. The second-order valence-electron chi connectivity index (χ2n) is 1.70. The van der Waals surface area contributed by atoms with Crippen molar-refractivity contribution < 1.29 is 17.9 Å². The van der Waals surface area contributed by atoms with Gasteiger partial charge in [-0.25, -0.2) is 8.42 Å². The van der Waals surface area contributed by atoms with Crippen LogP contribution in [0, 0.1) is 0 Å². The minimum atomic E-state index is -3.31. The van der Waals surface area contributed by atoms with E-state index in [2.05, 4.69) is 9.13 Å². The Kier molecular flexibility index (Phi) is 1.80. The number of hydrogen-bond donors (Lipinski definition) is 0. The number of rotatable bonds is 0. The van der Waals surface area contributed by atoms with Gasteiger partial charge < -0.3 is 9.47 Å². The summed E-state index contributed by atoms with van der Waals surface area (Å²) in [6.45, 7) is 0.120. The van der Waals surface area contributed by atoms with E-state index in [1.165, 1.54) is 7.11 Å². The lowest BCUT2D eigenvalue weighted by atomic mass is 10.8. The van der Waals surface area contributed by atoms with E-state index in [0.717, 1.165) is 0 Å². The summed E-state index contributed by atoms with van der Waals surface area (Å²) in [4.78, 5) is 0. The highest BCUT2D eigenvalue weighted by Crippen LogP contribution is 2.01. The van der Waals surface area contributed by atoms with Crippen LogP contribution in [0.4, 0.5) is 0 Å². The SMILES string of the molecule is COC1=NS(=O)(=O)CCO1. The Labute approximate surface area is 58.7 Å². The molecule has 1 heterocycles. The Morgan fingerprint density at radius 3 is 2.80 bits per heavy atom. The molecule has 0 fully saturated rings. The van der Waals surface area contributed by atoms with E-state index in [9.17, 15) is 8.42 Å². The molecule has 0 atom stereocenters. The summed E-state index contributed by atoms with van der Waals surface area (Å²) in [6, 6.07) is 0. The van der Waals surface area contributed by atoms with Crippen molar-refractivity contribution in [3.05, 3.63) is 0 Å². The Bertz CT molecular complexity index is 242. The van der Waals surface area contributed by atoms with Gasteiger partial charge in [-0.3, -0.25) is 0 Å². The minimum Gasteiger partial charge on any atom is -0.453 e. The van der Waals surface area contributed by atoms with Crippen molar-refractivity contribution in [2.75, 3.05) is 19.5 Å². The van der Waals surface area contributed by atoms with E-state index >= 15 is 0 Å².